The van der Waals surface area contributed by atoms with E-state index >= 15 is 0 Å². The number of sulfonamides is 1. The lowest BCUT2D eigenvalue weighted by Gasteiger charge is -2.69. The Morgan fingerprint density at radius 2 is 1.81 bits per heavy atom. The highest BCUT2D eigenvalue weighted by molar-refractivity contribution is 7.89. The average Bonchev–Trinajstić information content (AvgIpc) is 3.38. The number of carbonyl (C=O) groups excluding carboxylic acids is 3. The molecule has 3 aromatic rings. The molecule has 43 heavy (non-hydrogen) atoms. The number of thiophene rings is 1. The fourth-order valence-corrected chi connectivity index (χ4v) is 8.62. The van der Waals surface area contributed by atoms with Gasteiger partial charge in [0.15, 0.2) is 0 Å². The lowest BCUT2D eigenvalue weighted by molar-refractivity contribution is -0.207. The van der Waals surface area contributed by atoms with Crippen LogP contribution in [0.5, 0.6) is 0 Å². The summed E-state index contributed by atoms with van der Waals surface area (Å²) in [5.74, 6) is -1.02. The van der Waals surface area contributed by atoms with Crippen LogP contribution in [-0.4, -0.2) is 84.4 Å². The largest absolute Gasteiger partial charge is 0.394 e. The number of benzene rings is 2. The molecule has 0 aliphatic carbocycles. The van der Waals surface area contributed by atoms with Gasteiger partial charge >= 0.3 is 0 Å². The predicted octanol–water partition coefficient (Wildman–Crippen LogP) is 3.50. The maximum atomic E-state index is 13.7. The van der Waals surface area contributed by atoms with Crippen molar-refractivity contribution >= 4 is 72.4 Å². The van der Waals surface area contributed by atoms with E-state index in [0.717, 1.165) is 10.1 Å². The number of hydrogen-bond acceptors (Lipinski definition) is 7. The normalized spacial score (nSPS) is 21.1. The number of hydrogen-bond donors (Lipinski definition) is 3. The minimum Gasteiger partial charge on any atom is -0.394 e. The van der Waals surface area contributed by atoms with E-state index in [2.05, 4.69) is 10.0 Å². The zero-order valence-electron chi connectivity index (χ0n) is 23.7. The standard InChI is InChI=1S/C29H32Cl2N4O6S2/c1-16(2)10-20(32-26(37)23-11-17-6-4-5-7-22(17)42-23)28(39)35-13-25-29(35,3)15-34(25)27(38)21(14-36)33-43(40,41)24-9-8-18(30)12-19(24)31/h4-9,11-12,16,20-21,25,33,36H,10,13-15H2,1-3H3,(H,32,37)/t20?,21-,25+,29?/m0/s1. The van der Waals surface area contributed by atoms with E-state index in [1.165, 1.54) is 34.4 Å². The number of likely N-dealkylation sites (tertiary alicyclic amines) is 2. The molecule has 1 aromatic heterocycles. The molecule has 0 saturated carbocycles. The lowest BCUT2D eigenvalue weighted by atomic mass is 9.71. The summed E-state index contributed by atoms with van der Waals surface area (Å²) < 4.78 is 29.1. The van der Waals surface area contributed by atoms with Crippen molar-refractivity contribution in [2.24, 2.45) is 5.92 Å². The smallest absolute Gasteiger partial charge is 0.262 e. The Kier molecular flexibility index (Phi) is 8.83. The highest BCUT2D eigenvalue weighted by Gasteiger charge is 2.65. The monoisotopic (exact) mass is 666 g/mol. The summed E-state index contributed by atoms with van der Waals surface area (Å²) in [5, 5.41) is 13.9. The molecule has 2 aromatic carbocycles. The van der Waals surface area contributed by atoms with Crippen molar-refractivity contribution in [3.05, 3.63) is 63.5 Å². The first-order chi connectivity index (χ1) is 20.2. The van der Waals surface area contributed by atoms with Gasteiger partial charge in [-0.05, 0) is 55.0 Å². The second-order valence-electron chi connectivity index (χ2n) is 11.5. The van der Waals surface area contributed by atoms with Gasteiger partial charge < -0.3 is 20.2 Å². The van der Waals surface area contributed by atoms with Crippen molar-refractivity contribution in [2.45, 2.75) is 55.8 Å². The molecule has 10 nitrogen and oxygen atoms in total. The number of halogens is 2. The van der Waals surface area contributed by atoms with Gasteiger partial charge in [0.2, 0.25) is 21.8 Å². The topological polar surface area (TPSA) is 136 Å². The first-order valence-electron chi connectivity index (χ1n) is 13.7. The summed E-state index contributed by atoms with van der Waals surface area (Å²) >= 11 is 13.3. The van der Waals surface area contributed by atoms with E-state index < -0.39 is 40.2 Å². The third-order valence-electron chi connectivity index (χ3n) is 8.03. The van der Waals surface area contributed by atoms with Crippen molar-refractivity contribution in [1.29, 1.82) is 0 Å². The summed E-state index contributed by atoms with van der Waals surface area (Å²) in [5.41, 5.74) is -0.678. The maximum absolute atomic E-state index is 13.7. The summed E-state index contributed by atoms with van der Waals surface area (Å²) in [6.07, 6.45) is 0.441. The first-order valence-corrected chi connectivity index (χ1v) is 16.8. The summed E-state index contributed by atoms with van der Waals surface area (Å²) in [6.45, 7) is 5.41. The fraction of sp³-hybridized carbons (Fsp3) is 0.414. The van der Waals surface area contributed by atoms with Crippen LogP contribution in [0.1, 0.15) is 36.9 Å². The number of nitrogens with one attached hydrogen (secondary N) is 2. The average molecular weight is 668 g/mol. The molecular weight excluding hydrogens is 635 g/mol. The molecule has 2 unspecified atom stereocenters. The number of amides is 3. The van der Waals surface area contributed by atoms with Crippen LogP contribution in [0.2, 0.25) is 10.0 Å². The quantitative estimate of drug-likeness (QED) is 0.303. The molecule has 3 heterocycles. The van der Waals surface area contributed by atoms with E-state index in [1.54, 1.807) is 4.90 Å². The van der Waals surface area contributed by atoms with Crippen LogP contribution in [0.3, 0.4) is 0 Å². The van der Waals surface area contributed by atoms with Gasteiger partial charge in [-0.3, -0.25) is 14.4 Å². The maximum Gasteiger partial charge on any atom is 0.262 e. The zero-order chi connectivity index (χ0) is 31.3. The zero-order valence-corrected chi connectivity index (χ0v) is 26.9. The molecule has 2 saturated heterocycles. The molecule has 230 valence electrons. The highest BCUT2D eigenvalue weighted by atomic mass is 35.5. The van der Waals surface area contributed by atoms with E-state index in [9.17, 15) is 27.9 Å². The van der Waals surface area contributed by atoms with Crippen molar-refractivity contribution in [2.75, 3.05) is 19.7 Å². The molecule has 2 aliphatic heterocycles. The third-order valence-corrected chi connectivity index (χ3v) is 11.3. The van der Waals surface area contributed by atoms with Crippen LogP contribution in [0, 0.1) is 5.92 Å². The Hall–Kier alpha value is -2.74. The second kappa shape index (κ2) is 12.0. The van der Waals surface area contributed by atoms with Gasteiger partial charge in [-0.15, -0.1) is 11.3 Å². The Morgan fingerprint density at radius 3 is 2.42 bits per heavy atom. The van der Waals surface area contributed by atoms with Crippen molar-refractivity contribution in [3.63, 3.8) is 0 Å². The Balaban J connectivity index is 1.25. The van der Waals surface area contributed by atoms with Crippen LogP contribution in [0.15, 0.2) is 53.4 Å². The SMILES string of the molecule is CC(C)CC(NC(=O)c1cc2ccccc2s1)C(=O)N1C[C@H]2N(C(=O)[C@H](CO)NS(=O)(=O)c3ccc(Cl)cc3Cl)CC21C. The number of carbonyl (C=O) groups is 3. The fourth-order valence-electron chi connectivity index (χ4n) is 5.70. The van der Waals surface area contributed by atoms with E-state index in [-0.39, 0.29) is 51.8 Å². The van der Waals surface area contributed by atoms with Crippen LogP contribution >= 0.6 is 34.5 Å². The number of rotatable bonds is 10. The Bertz CT molecular complexity index is 1660. The molecule has 4 atom stereocenters. The number of fused-ring (bicyclic) bond motifs is 2. The molecule has 2 aliphatic rings. The summed E-state index contributed by atoms with van der Waals surface area (Å²) in [4.78, 5) is 43.6. The minimum absolute atomic E-state index is 0.121. The molecule has 2 fully saturated rings. The van der Waals surface area contributed by atoms with Crippen LogP contribution < -0.4 is 10.0 Å². The second-order valence-corrected chi connectivity index (χ2v) is 15.1. The lowest BCUT2D eigenvalue weighted by Crippen LogP contribution is -2.89. The van der Waals surface area contributed by atoms with E-state index in [1.807, 2.05) is 51.1 Å². The van der Waals surface area contributed by atoms with E-state index in [0.29, 0.717) is 11.3 Å². The highest BCUT2D eigenvalue weighted by Crippen LogP contribution is 2.45. The van der Waals surface area contributed by atoms with Crippen LogP contribution in [-0.2, 0) is 19.6 Å². The molecule has 0 radical (unpaired) electrons. The molecule has 3 amide bonds. The van der Waals surface area contributed by atoms with Crippen molar-refractivity contribution in [3.8, 4) is 0 Å². The van der Waals surface area contributed by atoms with Gasteiger partial charge in [-0.2, -0.15) is 4.72 Å². The Labute approximate surface area is 264 Å². The molecule has 0 bridgehead atoms. The third kappa shape index (κ3) is 6.01. The number of nitrogens with zero attached hydrogens (tertiary/aromatic N) is 2. The predicted molar refractivity (Wildman–Crippen MR) is 166 cm³/mol. The molecule has 0 spiro atoms. The van der Waals surface area contributed by atoms with Gasteiger partial charge in [-0.1, -0.05) is 55.2 Å². The number of aliphatic hydroxyl groups excluding tert-OH is 1. The molecule has 5 rings (SSSR count). The van der Waals surface area contributed by atoms with Crippen molar-refractivity contribution < 1.29 is 27.9 Å². The van der Waals surface area contributed by atoms with Gasteiger partial charge in [0, 0.05) is 22.8 Å². The first kappa shape index (κ1) is 31.7. The number of piperazine rings is 1. The van der Waals surface area contributed by atoms with Gasteiger partial charge in [-0.25, -0.2) is 8.42 Å². The number of aliphatic hydroxyl groups is 1. The molecular formula is C29H32Cl2N4O6S2. The Morgan fingerprint density at radius 1 is 1.09 bits per heavy atom. The van der Waals surface area contributed by atoms with Crippen LogP contribution in [0.4, 0.5) is 0 Å². The van der Waals surface area contributed by atoms with E-state index in [4.69, 9.17) is 23.2 Å². The van der Waals surface area contributed by atoms with Crippen molar-refractivity contribution in [1.82, 2.24) is 19.8 Å². The molecule has 14 heteroatoms. The summed E-state index contributed by atoms with van der Waals surface area (Å²) in [6, 6.07) is 10.8. The minimum atomic E-state index is -4.25. The molecule has 3 N–H and O–H groups in total. The van der Waals surface area contributed by atoms with Gasteiger partial charge in [0.1, 0.15) is 17.0 Å². The van der Waals surface area contributed by atoms with Gasteiger partial charge in [0.05, 0.1) is 28.1 Å². The summed E-state index contributed by atoms with van der Waals surface area (Å²) in [7, 11) is -4.25. The van der Waals surface area contributed by atoms with Crippen LogP contribution in [0.25, 0.3) is 10.1 Å². The van der Waals surface area contributed by atoms with Gasteiger partial charge in [0.25, 0.3) is 5.91 Å².